The number of nitrogens with two attached hydrogens (primary N) is 1. The van der Waals surface area contributed by atoms with Crippen LogP contribution in [0.1, 0.15) is 5.56 Å². The number of nitrogens with one attached hydrogen (secondary N) is 1. The number of amides is 1. The van der Waals surface area contributed by atoms with Crippen molar-refractivity contribution in [1.29, 1.82) is 0 Å². The van der Waals surface area contributed by atoms with Crippen molar-refractivity contribution >= 4 is 22.0 Å². The Hall–Kier alpha value is -1.07. The average molecular weight is 273 g/mol. The summed E-state index contributed by atoms with van der Waals surface area (Å²) in [6.07, 6.45) is -0.738. The van der Waals surface area contributed by atoms with Crippen LogP contribution in [-0.4, -0.2) is 19.2 Å². The van der Waals surface area contributed by atoms with Gasteiger partial charge in [0, 0.05) is 17.6 Å². The third-order valence-corrected chi connectivity index (χ3v) is 2.57. The number of ether oxygens (including phenoxy) is 1. The van der Waals surface area contributed by atoms with E-state index in [1.165, 1.54) is 0 Å². The van der Waals surface area contributed by atoms with Gasteiger partial charge in [-0.3, -0.25) is 0 Å². The van der Waals surface area contributed by atoms with Crippen LogP contribution in [0.25, 0.3) is 0 Å². The predicted octanol–water partition coefficient (Wildman–Crippen LogP) is 1.63. The second-order valence-corrected chi connectivity index (χ2v) is 3.79. The molecule has 1 aromatic carbocycles. The third kappa shape index (κ3) is 4.80. The van der Waals surface area contributed by atoms with E-state index in [1.54, 1.807) is 0 Å². The van der Waals surface area contributed by atoms with E-state index in [9.17, 15) is 4.79 Å². The van der Waals surface area contributed by atoms with Crippen molar-refractivity contribution in [3.8, 4) is 0 Å². The molecule has 0 radical (unpaired) electrons. The van der Waals surface area contributed by atoms with Gasteiger partial charge in [-0.1, -0.05) is 34.1 Å². The molecule has 0 fully saturated rings. The Balaban J connectivity index is 2.21. The number of hydrogen-bond acceptors (Lipinski definition) is 3. The molecule has 0 aliphatic heterocycles. The monoisotopic (exact) mass is 272 g/mol. The zero-order chi connectivity index (χ0) is 11.1. The van der Waals surface area contributed by atoms with E-state index in [1.807, 2.05) is 24.3 Å². The first kappa shape index (κ1) is 12.0. The maximum atomic E-state index is 10.3. The zero-order valence-electron chi connectivity index (χ0n) is 8.20. The van der Waals surface area contributed by atoms with Gasteiger partial charge >= 0.3 is 6.09 Å². The Morgan fingerprint density at radius 2 is 2.20 bits per heavy atom. The van der Waals surface area contributed by atoms with Gasteiger partial charge in [0.05, 0.1) is 0 Å². The van der Waals surface area contributed by atoms with Crippen molar-refractivity contribution in [3.05, 3.63) is 34.3 Å². The lowest BCUT2D eigenvalue weighted by atomic mass is 10.2. The molecule has 4 nitrogen and oxygen atoms in total. The lowest BCUT2D eigenvalue weighted by molar-refractivity contribution is 0.157. The highest BCUT2D eigenvalue weighted by Crippen LogP contribution is 2.14. The smallest absolute Gasteiger partial charge is 0.404 e. The van der Waals surface area contributed by atoms with Crippen LogP contribution in [0.2, 0.25) is 0 Å². The molecule has 0 bridgehead atoms. The van der Waals surface area contributed by atoms with Gasteiger partial charge in [-0.25, -0.2) is 4.79 Å². The molecule has 1 amide bonds. The summed E-state index contributed by atoms with van der Waals surface area (Å²) in [6, 6.07) is 7.94. The zero-order valence-corrected chi connectivity index (χ0v) is 9.79. The van der Waals surface area contributed by atoms with Crippen LogP contribution in [0.4, 0.5) is 4.79 Å². The van der Waals surface area contributed by atoms with E-state index in [2.05, 4.69) is 26.0 Å². The fourth-order valence-corrected chi connectivity index (χ4v) is 1.51. The molecule has 82 valence electrons. The standard InChI is InChI=1S/C10H13BrN2O2/c11-9-4-2-1-3-8(9)7-13-5-6-15-10(12)14/h1-4,13H,5-7H2,(H2,12,14). The molecule has 0 atom stereocenters. The van der Waals surface area contributed by atoms with E-state index >= 15 is 0 Å². The Labute approximate surface area is 96.9 Å². The summed E-state index contributed by atoms with van der Waals surface area (Å²) in [5.74, 6) is 0. The lowest BCUT2D eigenvalue weighted by Crippen LogP contribution is -2.23. The summed E-state index contributed by atoms with van der Waals surface area (Å²) in [5, 5.41) is 3.14. The molecule has 0 saturated heterocycles. The van der Waals surface area contributed by atoms with E-state index in [0.29, 0.717) is 13.2 Å². The van der Waals surface area contributed by atoms with Gasteiger partial charge in [-0.2, -0.15) is 0 Å². The van der Waals surface area contributed by atoms with Crippen molar-refractivity contribution < 1.29 is 9.53 Å². The summed E-state index contributed by atoms with van der Waals surface area (Å²) in [4.78, 5) is 10.3. The van der Waals surface area contributed by atoms with Crippen LogP contribution in [0.5, 0.6) is 0 Å². The molecule has 0 aliphatic rings. The first-order chi connectivity index (χ1) is 7.20. The summed E-state index contributed by atoms with van der Waals surface area (Å²) >= 11 is 3.44. The second-order valence-electron chi connectivity index (χ2n) is 2.94. The fourth-order valence-electron chi connectivity index (χ4n) is 1.09. The van der Waals surface area contributed by atoms with E-state index in [0.717, 1.165) is 16.6 Å². The Kier molecular flexibility index (Phi) is 5.14. The molecule has 5 heteroatoms. The number of benzene rings is 1. The van der Waals surface area contributed by atoms with E-state index < -0.39 is 6.09 Å². The largest absolute Gasteiger partial charge is 0.448 e. The molecule has 0 heterocycles. The van der Waals surface area contributed by atoms with Crippen molar-refractivity contribution in [3.63, 3.8) is 0 Å². The third-order valence-electron chi connectivity index (χ3n) is 1.80. The summed E-state index contributed by atoms with van der Waals surface area (Å²) < 4.78 is 5.64. The number of primary amides is 1. The minimum absolute atomic E-state index is 0.291. The maximum Gasteiger partial charge on any atom is 0.404 e. The molecule has 0 aromatic heterocycles. The van der Waals surface area contributed by atoms with Crippen molar-refractivity contribution in [2.24, 2.45) is 5.73 Å². The first-order valence-electron chi connectivity index (χ1n) is 4.56. The fraction of sp³-hybridized carbons (Fsp3) is 0.300. The topological polar surface area (TPSA) is 64.4 Å². The molecule has 1 aromatic rings. The minimum atomic E-state index is -0.738. The van der Waals surface area contributed by atoms with E-state index in [-0.39, 0.29) is 0 Å². The summed E-state index contributed by atoms with van der Waals surface area (Å²) in [5.41, 5.74) is 5.98. The Morgan fingerprint density at radius 3 is 2.87 bits per heavy atom. The van der Waals surface area contributed by atoms with Gasteiger partial charge in [0.15, 0.2) is 0 Å². The molecule has 1 rings (SSSR count). The number of halogens is 1. The van der Waals surface area contributed by atoms with Gasteiger partial charge in [0.1, 0.15) is 6.61 Å². The van der Waals surface area contributed by atoms with Crippen LogP contribution in [0.3, 0.4) is 0 Å². The molecule has 3 N–H and O–H groups in total. The first-order valence-corrected chi connectivity index (χ1v) is 5.36. The number of carbonyl (C=O) groups is 1. The molecule has 0 spiro atoms. The molecular weight excluding hydrogens is 260 g/mol. The van der Waals surface area contributed by atoms with Gasteiger partial charge in [-0.05, 0) is 11.6 Å². The lowest BCUT2D eigenvalue weighted by Gasteiger charge is -2.06. The van der Waals surface area contributed by atoms with Crippen LogP contribution in [0.15, 0.2) is 28.7 Å². The number of carbonyl (C=O) groups excluding carboxylic acids is 1. The van der Waals surface area contributed by atoms with Crippen LogP contribution in [-0.2, 0) is 11.3 Å². The minimum Gasteiger partial charge on any atom is -0.448 e. The summed E-state index contributed by atoms with van der Waals surface area (Å²) in [7, 11) is 0. The molecule has 0 unspecified atom stereocenters. The summed E-state index contributed by atoms with van der Waals surface area (Å²) in [6.45, 7) is 1.60. The van der Waals surface area contributed by atoms with Crippen molar-refractivity contribution in [2.45, 2.75) is 6.54 Å². The molecular formula is C10H13BrN2O2. The highest BCUT2D eigenvalue weighted by atomic mass is 79.9. The molecule has 15 heavy (non-hydrogen) atoms. The van der Waals surface area contributed by atoms with E-state index in [4.69, 9.17) is 5.73 Å². The second kappa shape index (κ2) is 6.42. The van der Waals surface area contributed by atoms with Crippen molar-refractivity contribution in [2.75, 3.05) is 13.2 Å². The maximum absolute atomic E-state index is 10.3. The van der Waals surface area contributed by atoms with Crippen molar-refractivity contribution in [1.82, 2.24) is 5.32 Å². The quantitative estimate of drug-likeness (QED) is 0.801. The van der Waals surface area contributed by atoms with Crippen LogP contribution >= 0.6 is 15.9 Å². The predicted molar refractivity (Wildman–Crippen MR) is 61.4 cm³/mol. The van der Waals surface area contributed by atoms with Gasteiger partial charge in [0.25, 0.3) is 0 Å². The van der Waals surface area contributed by atoms with Gasteiger partial charge in [0.2, 0.25) is 0 Å². The molecule has 0 aliphatic carbocycles. The Bertz CT molecular complexity index is 331. The van der Waals surface area contributed by atoms with Crippen LogP contribution < -0.4 is 11.1 Å². The average Bonchev–Trinajstić information content (AvgIpc) is 2.20. The highest BCUT2D eigenvalue weighted by molar-refractivity contribution is 9.10. The number of hydrogen-bond donors (Lipinski definition) is 2. The Morgan fingerprint density at radius 1 is 1.47 bits per heavy atom. The van der Waals surface area contributed by atoms with Crippen LogP contribution in [0, 0.1) is 0 Å². The van der Waals surface area contributed by atoms with Gasteiger partial charge in [-0.15, -0.1) is 0 Å². The number of rotatable bonds is 5. The molecule has 0 saturated carbocycles. The van der Waals surface area contributed by atoms with Gasteiger partial charge < -0.3 is 15.8 Å². The SMILES string of the molecule is NC(=O)OCCNCc1ccccc1Br. The normalized spacial score (nSPS) is 9.93. The highest BCUT2D eigenvalue weighted by Gasteiger charge is 1.97.